The van der Waals surface area contributed by atoms with Crippen LogP contribution in [0.4, 0.5) is 17.1 Å². The predicted octanol–water partition coefficient (Wildman–Crippen LogP) is 3.96. The number of hydrogen-bond donors (Lipinski definition) is 2. The van der Waals surface area contributed by atoms with Crippen molar-refractivity contribution in [2.75, 3.05) is 10.0 Å². The van der Waals surface area contributed by atoms with E-state index >= 15 is 0 Å². The minimum atomic E-state index is -3.80. The Bertz CT molecular complexity index is 1170. The lowest BCUT2D eigenvalue weighted by Crippen LogP contribution is -2.15. The standard InChI is InChI=1S/C20H17N3O5S/c1-14-8-10-19(11-9-14)29(27,28)22-17-6-2-4-15(12-17)20(24)21-16-5-3-7-18(13-16)23(25)26/h2-13,22H,1H3,(H,21,24). The van der Waals surface area contributed by atoms with Crippen LogP contribution in [0.3, 0.4) is 0 Å². The number of nitro benzene ring substituents is 1. The van der Waals surface area contributed by atoms with E-state index < -0.39 is 20.9 Å². The van der Waals surface area contributed by atoms with Gasteiger partial charge in [0.05, 0.1) is 9.82 Å². The summed E-state index contributed by atoms with van der Waals surface area (Å²) < 4.78 is 27.5. The third-order valence-electron chi connectivity index (χ3n) is 4.02. The van der Waals surface area contributed by atoms with Gasteiger partial charge in [-0.25, -0.2) is 8.42 Å². The van der Waals surface area contributed by atoms with Crippen molar-refractivity contribution >= 4 is 33.0 Å². The SMILES string of the molecule is Cc1ccc(S(=O)(=O)Nc2cccc(C(=O)Nc3cccc([N+](=O)[O-])c3)c2)cc1. The van der Waals surface area contributed by atoms with E-state index in [2.05, 4.69) is 10.0 Å². The summed E-state index contributed by atoms with van der Waals surface area (Å²) in [7, 11) is -3.80. The highest BCUT2D eigenvalue weighted by Crippen LogP contribution is 2.20. The van der Waals surface area contributed by atoms with Crippen LogP contribution in [0.25, 0.3) is 0 Å². The van der Waals surface area contributed by atoms with Gasteiger partial charge in [0.2, 0.25) is 0 Å². The van der Waals surface area contributed by atoms with Gasteiger partial charge in [-0.1, -0.05) is 29.8 Å². The summed E-state index contributed by atoms with van der Waals surface area (Å²) in [5.41, 5.74) is 1.46. The van der Waals surface area contributed by atoms with Crippen LogP contribution < -0.4 is 10.0 Å². The molecule has 3 aromatic carbocycles. The van der Waals surface area contributed by atoms with Gasteiger partial charge in [0.25, 0.3) is 21.6 Å². The molecule has 0 unspecified atom stereocenters. The first kappa shape index (κ1) is 20.0. The minimum absolute atomic E-state index is 0.106. The van der Waals surface area contributed by atoms with Gasteiger partial charge in [-0.05, 0) is 43.3 Å². The summed E-state index contributed by atoms with van der Waals surface area (Å²) in [6.07, 6.45) is 0. The molecule has 0 saturated heterocycles. The van der Waals surface area contributed by atoms with Crippen molar-refractivity contribution in [3.05, 3.63) is 94.0 Å². The Morgan fingerprint density at radius 1 is 0.931 bits per heavy atom. The highest BCUT2D eigenvalue weighted by Gasteiger charge is 2.15. The molecule has 3 aromatic rings. The summed E-state index contributed by atoms with van der Waals surface area (Å²) in [5.74, 6) is -0.526. The lowest BCUT2D eigenvalue weighted by atomic mass is 10.2. The average Bonchev–Trinajstić information content (AvgIpc) is 2.68. The van der Waals surface area contributed by atoms with Gasteiger partial charge < -0.3 is 5.32 Å². The molecule has 0 spiro atoms. The molecule has 8 nitrogen and oxygen atoms in total. The molecule has 0 aliphatic carbocycles. The number of rotatable bonds is 6. The zero-order valence-electron chi connectivity index (χ0n) is 15.3. The molecule has 2 N–H and O–H groups in total. The van der Waals surface area contributed by atoms with Crippen LogP contribution in [-0.2, 0) is 10.0 Å². The van der Waals surface area contributed by atoms with Crippen LogP contribution in [0.15, 0.2) is 77.7 Å². The van der Waals surface area contributed by atoms with Crippen molar-refractivity contribution in [2.45, 2.75) is 11.8 Å². The number of nitrogens with zero attached hydrogens (tertiary/aromatic N) is 1. The molecule has 148 valence electrons. The number of sulfonamides is 1. The number of anilines is 2. The number of non-ortho nitro benzene ring substituents is 1. The topological polar surface area (TPSA) is 118 Å². The van der Waals surface area contributed by atoms with E-state index in [1.807, 2.05) is 6.92 Å². The second kappa shape index (κ2) is 8.11. The first-order chi connectivity index (χ1) is 13.7. The molecule has 29 heavy (non-hydrogen) atoms. The lowest BCUT2D eigenvalue weighted by molar-refractivity contribution is -0.384. The first-order valence-corrected chi connectivity index (χ1v) is 9.98. The fourth-order valence-electron chi connectivity index (χ4n) is 2.56. The summed E-state index contributed by atoms with van der Waals surface area (Å²) in [5, 5.41) is 13.4. The molecular weight excluding hydrogens is 394 g/mol. The molecule has 0 aromatic heterocycles. The lowest BCUT2D eigenvalue weighted by Gasteiger charge is -2.10. The highest BCUT2D eigenvalue weighted by atomic mass is 32.2. The molecule has 0 atom stereocenters. The number of nitro groups is 1. The number of benzene rings is 3. The van der Waals surface area contributed by atoms with Crippen LogP contribution in [0.2, 0.25) is 0 Å². The van der Waals surface area contributed by atoms with Crippen LogP contribution >= 0.6 is 0 Å². The van der Waals surface area contributed by atoms with Crippen molar-refractivity contribution in [2.24, 2.45) is 0 Å². The molecule has 1 amide bonds. The van der Waals surface area contributed by atoms with E-state index in [1.54, 1.807) is 12.1 Å². The molecule has 0 aliphatic heterocycles. The second-order valence-corrected chi connectivity index (χ2v) is 7.94. The molecule has 9 heteroatoms. The number of amides is 1. The Balaban J connectivity index is 1.78. The van der Waals surface area contributed by atoms with E-state index in [0.717, 1.165) is 5.56 Å². The van der Waals surface area contributed by atoms with E-state index in [9.17, 15) is 23.3 Å². The third-order valence-corrected chi connectivity index (χ3v) is 5.42. The van der Waals surface area contributed by atoms with Gasteiger partial charge in [-0.3, -0.25) is 19.6 Å². The molecule has 0 fully saturated rings. The molecule has 0 aliphatic rings. The zero-order chi connectivity index (χ0) is 21.0. The van der Waals surface area contributed by atoms with Gasteiger partial charge in [-0.15, -0.1) is 0 Å². The molecule has 3 rings (SSSR count). The number of hydrogen-bond acceptors (Lipinski definition) is 5. The zero-order valence-corrected chi connectivity index (χ0v) is 16.1. The second-order valence-electron chi connectivity index (χ2n) is 6.26. The number of aryl methyl sites for hydroxylation is 1. The summed E-state index contributed by atoms with van der Waals surface area (Å²) in [6.45, 7) is 1.85. The number of nitrogens with one attached hydrogen (secondary N) is 2. The van der Waals surface area contributed by atoms with Crippen molar-refractivity contribution in [3.8, 4) is 0 Å². The summed E-state index contributed by atoms with van der Waals surface area (Å²) in [6, 6.07) is 17.9. The van der Waals surface area contributed by atoms with Crippen LogP contribution in [0.5, 0.6) is 0 Å². The molecule has 0 radical (unpaired) electrons. The maximum atomic E-state index is 12.5. The van der Waals surface area contributed by atoms with Crippen molar-refractivity contribution < 1.29 is 18.1 Å². The summed E-state index contributed by atoms with van der Waals surface area (Å²) in [4.78, 5) is 22.9. The van der Waals surface area contributed by atoms with Gasteiger partial charge in [0, 0.05) is 29.1 Å². The Labute approximate surface area is 167 Å². The van der Waals surface area contributed by atoms with E-state index in [1.165, 1.54) is 60.7 Å². The summed E-state index contributed by atoms with van der Waals surface area (Å²) >= 11 is 0. The molecule has 0 saturated carbocycles. The fourth-order valence-corrected chi connectivity index (χ4v) is 3.61. The minimum Gasteiger partial charge on any atom is -0.322 e. The molecule has 0 heterocycles. The van der Waals surface area contributed by atoms with Gasteiger partial charge in [-0.2, -0.15) is 0 Å². The Morgan fingerprint density at radius 3 is 2.28 bits per heavy atom. The van der Waals surface area contributed by atoms with Gasteiger partial charge in [0.15, 0.2) is 0 Å². The normalized spacial score (nSPS) is 10.9. The first-order valence-electron chi connectivity index (χ1n) is 8.50. The fraction of sp³-hybridized carbons (Fsp3) is 0.0500. The van der Waals surface area contributed by atoms with Crippen molar-refractivity contribution in [3.63, 3.8) is 0 Å². The van der Waals surface area contributed by atoms with Crippen molar-refractivity contribution in [1.82, 2.24) is 0 Å². The van der Waals surface area contributed by atoms with Gasteiger partial charge in [0.1, 0.15) is 0 Å². The Kier molecular flexibility index (Phi) is 5.60. The Morgan fingerprint density at radius 2 is 1.59 bits per heavy atom. The highest BCUT2D eigenvalue weighted by molar-refractivity contribution is 7.92. The third kappa shape index (κ3) is 4.96. The molecular formula is C20H17N3O5S. The van der Waals surface area contributed by atoms with E-state index in [-0.39, 0.29) is 27.5 Å². The van der Waals surface area contributed by atoms with Crippen LogP contribution in [0, 0.1) is 17.0 Å². The smallest absolute Gasteiger partial charge is 0.271 e. The van der Waals surface area contributed by atoms with Crippen LogP contribution in [0.1, 0.15) is 15.9 Å². The monoisotopic (exact) mass is 411 g/mol. The van der Waals surface area contributed by atoms with Crippen molar-refractivity contribution in [1.29, 1.82) is 0 Å². The van der Waals surface area contributed by atoms with Gasteiger partial charge >= 0.3 is 0 Å². The quantitative estimate of drug-likeness (QED) is 0.470. The largest absolute Gasteiger partial charge is 0.322 e. The predicted molar refractivity (Wildman–Crippen MR) is 109 cm³/mol. The molecule has 0 bridgehead atoms. The number of carbonyl (C=O) groups is 1. The average molecular weight is 411 g/mol. The van der Waals surface area contributed by atoms with Crippen LogP contribution in [-0.4, -0.2) is 19.2 Å². The maximum absolute atomic E-state index is 12.5. The van der Waals surface area contributed by atoms with E-state index in [0.29, 0.717) is 0 Å². The van der Waals surface area contributed by atoms with E-state index in [4.69, 9.17) is 0 Å². The Hall–Kier alpha value is -3.72. The maximum Gasteiger partial charge on any atom is 0.271 e. The number of carbonyl (C=O) groups excluding carboxylic acids is 1.